The van der Waals surface area contributed by atoms with Crippen molar-refractivity contribution >= 4 is 17.1 Å². The Morgan fingerprint density at radius 3 is 2.45 bits per heavy atom. The number of amides is 1. The fourth-order valence-electron chi connectivity index (χ4n) is 2.27. The number of hydrogen-bond donors (Lipinski definition) is 0. The molecule has 0 N–H and O–H groups in total. The SMILES string of the molecule is CCCCN(CCCC)C(=O)n1cnc2ccccc21. The topological polar surface area (TPSA) is 38.1 Å². The van der Waals surface area contributed by atoms with E-state index in [4.69, 9.17) is 0 Å². The second-order valence-electron chi connectivity index (χ2n) is 5.08. The molecule has 0 atom stereocenters. The quantitative estimate of drug-likeness (QED) is 0.800. The van der Waals surface area contributed by atoms with E-state index in [1.807, 2.05) is 29.2 Å². The molecule has 1 heterocycles. The molecule has 4 nitrogen and oxygen atoms in total. The van der Waals surface area contributed by atoms with E-state index in [1.54, 1.807) is 10.9 Å². The van der Waals surface area contributed by atoms with Gasteiger partial charge in [-0.15, -0.1) is 0 Å². The number of nitrogens with zero attached hydrogens (tertiary/aromatic N) is 3. The third-order valence-electron chi connectivity index (χ3n) is 3.49. The minimum Gasteiger partial charge on any atom is -0.324 e. The first kappa shape index (κ1) is 14.6. The van der Waals surface area contributed by atoms with Crippen LogP contribution in [0.15, 0.2) is 30.6 Å². The molecule has 0 bridgehead atoms. The molecule has 1 aromatic carbocycles. The smallest absolute Gasteiger partial charge is 0.324 e. The number of rotatable bonds is 6. The van der Waals surface area contributed by atoms with Crippen LogP contribution in [0.3, 0.4) is 0 Å². The summed E-state index contributed by atoms with van der Waals surface area (Å²) in [6.07, 6.45) is 5.92. The van der Waals surface area contributed by atoms with Crippen LogP contribution in [0.5, 0.6) is 0 Å². The van der Waals surface area contributed by atoms with Crippen molar-refractivity contribution < 1.29 is 4.79 Å². The van der Waals surface area contributed by atoms with Gasteiger partial charge in [0.1, 0.15) is 6.33 Å². The van der Waals surface area contributed by atoms with Crippen LogP contribution >= 0.6 is 0 Å². The number of hydrogen-bond acceptors (Lipinski definition) is 2. The van der Waals surface area contributed by atoms with Crippen LogP contribution in [-0.4, -0.2) is 33.6 Å². The summed E-state index contributed by atoms with van der Waals surface area (Å²) >= 11 is 0. The molecule has 0 fully saturated rings. The summed E-state index contributed by atoms with van der Waals surface area (Å²) in [6, 6.07) is 7.80. The summed E-state index contributed by atoms with van der Waals surface area (Å²) in [4.78, 5) is 18.9. The van der Waals surface area contributed by atoms with Gasteiger partial charge in [-0.3, -0.25) is 4.57 Å². The van der Waals surface area contributed by atoms with Crippen molar-refractivity contribution in [2.45, 2.75) is 39.5 Å². The Bertz CT molecular complexity index is 554. The van der Waals surface area contributed by atoms with E-state index in [-0.39, 0.29) is 6.03 Å². The van der Waals surface area contributed by atoms with Crippen LogP contribution in [-0.2, 0) is 0 Å². The van der Waals surface area contributed by atoms with Gasteiger partial charge in [0.25, 0.3) is 0 Å². The molecule has 2 aromatic rings. The number of unbranched alkanes of at least 4 members (excludes halogenated alkanes) is 2. The van der Waals surface area contributed by atoms with E-state index in [0.29, 0.717) is 0 Å². The van der Waals surface area contributed by atoms with Gasteiger partial charge in [0.15, 0.2) is 0 Å². The molecular formula is C16H23N3O. The maximum Gasteiger partial charge on any atom is 0.329 e. The highest BCUT2D eigenvalue weighted by molar-refractivity contribution is 5.89. The van der Waals surface area contributed by atoms with Crippen molar-refractivity contribution in [3.05, 3.63) is 30.6 Å². The molecule has 0 aliphatic heterocycles. The van der Waals surface area contributed by atoms with Gasteiger partial charge in [-0.25, -0.2) is 9.78 Å². The van der Waals surface area contributed by atoms with E-state index < -0.39 is 0 Å². The largest absolute Gasteiger partial charge is 0.329 e. The predicted octanol–water partition coefficient (Wildman–Crippen LogP) is 3.91. The van der Waals surface area contributed by atoms with Gasteiger partial charge in [-0.2, -0.15) is 0 Å². The van der Waals surface area contributed by atoms with Crippen LogP contribution in [0.2, 0.25) is 0 Å². The second kappa shape index (κ2) is 7.08. The average molecular weight is 273 g/mol. The number of carbonyl (C=O) groups excluding carboxylic acids is 1. The Balaban J connectivity index is 2.21. The van der Waals surface area contributed by atoms with Gasteiger partial charge in [0, 0.05) is 13.1 Å². The molecule has 4 heteroatoms. The standard InChI is InChI=1S/C16H23N3O/c1-3-5-11-18(12-6-4-2)16(20)19-13-17-14-9-7-8-10-15(14)19/h7-10,13H,3-6,11-12H2,1-2H3. The zero-order chi connectivity index (χ0) is 14.4. The van der Waals surface area contributed by atoms with E-state index >= 15 is 0 Å². The van der Waals surface area contributed by atoms with Gasteiger partial charge in [0.2, 0.25) is 0 Å². The van der Waals surface area contributed by atoms with Crippen molar-refractivity contribution in [3.63, 3.8) is 0 Å². The molecule has 20 heavy (non-hydrogen) atoms. The molecule has 0 aliphatic rings. The number of benzene rings is 1. The molecule has 0 spiro atoms. The lowest BCUT2D eigenvalue weighted by Crippen LogP contribution is -2.36. The highest BCUT2D eigenvalue weighted by atomic mass is 16.2. The van der Waals surface area contributed by atoms with Gasteiger partial charge in [-0.1, -0.05) is 38.8 Å². The average Bonchev–Trinajstić information content (AvgIpc) is 2.91. The highest BCUT2D eigenvalue weighted by Crippen LogP contribution is 2.13. The highest BCUT2D eigenvalue weighted by Gasteiger charge is 2.16. The zero-order valence-corrected chi connectivity index (χ0v) is 12.4. The van der Waals surface area contributed by atoms with Gasteiger partial charge in [-0.05, 0) is 25.0 Å². The first-order valence-electron chi connectivity index (χ1n) is 7.49. The third-order valence-corrected chi connectivity index (χ3v) is 3.49. The fourth-order valence-corrected chi connectivity index (χ4v) is 2.27. The van der Waals surface area contributed by atoms with Crippen molar-refractivity contribution in [1.82, 2.24) is 14.5 Å². The number of carbonyl (C=O) groups is 1. The van der Waals surface area contributed by atoms with Gasteiger partial charge < -0.3 is 4.90 Å². The number of aromatic nitrogens is 2. The van der Waals surface area contributed by atoms with Gasteiger partial charge >= 0.3 is 6.03 Å². The predicted molar refractivity (Wildman–Crippen MR) is 81.9 cm³/mol. The minimum atomic E-state index is 0.0422. The van der Waals surface area contributed by atoms with Crippen molar-refractivity contribution in [1.29, 1.82) is 0 Å². The summed E-state index contributed by atoms with van der Waals surface area (Å²) in [6.45, 7) is 5.94. The van der Waals surface area contributed by atoms with E-state index in [0.717, 1.165) is 49.8 Å². The lowest BCUT2D eigenvalue weighted by Gasteiger charge is -2.22. The summed E-state index contributed by atoms with van der Waals surface area (Å²) in [5.41, 5.74) is 1.75. The Morgan fingerprint density at radius 1 is 1.15 bits per heavy atom. The maximum absolute atomic E-state index is 12.7. The van der Waals surface area contributed by atoms with Crippen molar-refractivity contribution in [2.24, 2.45) is 0 Å². The molecule has 1 aromatic heterocycles. The Kier molecular flexibility index (Phi) is 5.16. The van der Waals surface area contributed by atoms with Crippen LogP contribution in [0.4, 0.5) is 4.79 Å². The number of fused-ring (bicyclic) bond motifs is 1. The molecule has 0 radical (unpaired) electrons. The third kappa shape index (κ3) is 3.18. The minimum absolute atomic E-state index is 0.0422. The number of imidazole rings is 1. The Labute approximate surface area is 120 Å². The molecule has 2 rings (SSSR count). The monoisotopic (exact) mass is 273 g/mol. The Hall–Kier alpha value is -1.84. The van der Waals surface area contributed by atoms with Gasteiger partial charge in [0.05, 0.1) is 11.0 Å². The van der Waals surface area contributed by atoms with Crippen LogP contribution in [0, 0.1) is 0 Å². The summed E-state index contributed by atoms with van der Waals surface area (Å²) in [7, 11) is 0. The van der Waals surface area contributed by atoms with Crippen LogP contribution < -0.4 is 0 Å². The fraction of sp³-hybridized carbons (Fsp3) is 0.500. The molecule has 0 aliphatic carbocycles. The zero-order valence-electron chi connectivity index (χ0n) is 12.4. The lowest BCUT2D eigenvalue weighted by atomic mass is 10.2. The summed E-state index contributed by atoms with van der Waals surface area (Å²) in [5.74, 6) is 0. The summed E-state index contributed by atoms with van der Waals surface area (Å²) in [5, 5.41) is 0. The molecule has 0 unspecified atom stereocenters. The van der Waals surface area contributed by atoms with Crippen LogP contribution in [0.1, 0.15) is 39.5 Å². The van der Waals surface area contributed by atoms with E-state index in [2.05, 4.69) is 18.8 Å². The molecule has 0 saturated heterocycles. The molecule has 1 amide bonds. The second-order valence-corrected chi connectivity index (χ2v) is 5.08. The first-order valence-corrected chi connectivity index (χ1v) is 7.49. The van der Waals surface area contributed by atoms with Crippen molar-refractivity contribution in [2.75, 3.05) is 13.1 Å². The Morgan fingerprint density at radius 2 is 1.80 bits per heavy atom. The summed E-state index contributed by atoms with van der Waals surface area (Å²) < 4.78 is 1.67. The molecule has 108 valence electrons. The lowest BCUT2D eigenvalue weighted by molar-refractivity contribution is 0.198. The van der Waals surface area contributed by atoms with E-state index in [9.17, 15) is 4.79 Å². The maximum atomic E-state index is 12.7. The van der Waals surface area contributed by atoms with E-state index in [1.165, 1.54) is 0 Å². The molecule has 0 saturated carbocycles. The van der Waals surface area contributed by atoms with Crippen LogP contribution in [0.25, 0.3) is 11.0 Å². The first-order chi connectivity index (χ1) is 9.77. The molecular weight excluding hydrogens is 250 g/mol. The normalized spacial score (nSPS) is 10.9. The number of para-hydroxylation sites is 2. The van der Waals surface area contributed by atoms with Crippen molar-refractivity contribution in [3.8, 4) is 0 Å².